The van der Waals surface area contributed by atoms with Crippen molar-refractivity contribution in [2.45, 2.75) is 32.6 Å². The Balaban J connectivity index is 1.97. The molecule has 0 unspecified atom stereocenters. The van der Waals surface area contributed by atoms with E-state index in [0.717, 1.165) is 25.9 Å². The fourth-order valence-electron chi connectivity index (χ4n) is 3.32. The van der Waals surface area contributed by atoms with Crippen LogP contribution >= 0.6 is 12.2 Å². The standard InChI is InChI=1S/C14H23N3O2S/c1-10-7-14(8-10,12(15)20)13(19)16(2)9-11(18)17-5-3-4-6-17/h10H,3-9H2,1-2H3,(H2,15,20). The largest absolute Gasteiger partial charge is 0.392 e. The lowest BCUT2D eigenvalue weighted by Gasteiger charge is -2.46. The topological polar surface area (TPSA) is 66.6 Å². The highest BCUT2D eigenvalue weighted by Gasteiger charge is 2.52. The first-order chi connectivity index (χ1) is 9.36. The maximum atomic E-state index is 12.6. The van der Waals surface area contributed by atoms with Gasteiger partial charge in [0.1, 0.15) is 0 Å². The van der Waals surface area contributed by atoms with Crippen LogP contribution in [-0.4, -0.2) is 53.3 Å². The highest BCUT2D eigenvalue weighted by molar-refractivity contribution is 7.80. The lowest BCUT2D eigenvalue weighted by atomic mass is 9.61. The monoisotopic (exact) mass is 297 g/mol. The number of carbonyl (C=O) groups is 2. The molecule has 2 fully saturated rings. The average molecular weight is 297 g/mol. The van der Waals surface area contributed by atoms with Crippen LogP contribution in [0.1, 0.15) is 32.6 Å². The van der Waals surface area contributed by atoms with Gasteiger partial charge in [-0.25, -0.2) is 0 Å². The van der Waals surface area contributed by atoms with Crippen molar-refractivity contribution < 1.29 is 9.59 Å². The molecule has 0 radical (unpaired) electrons. The van der Waals surface area contributed by atoms with Gasteiger partial charge in [0.25, 0.3) is 0 Å². The molecule has 2 amide bonds. The molecule has 1 aliphatic heterocycles. The summed E-state index contributed by atoms with van der Waals surface area (Å²) in [6.07, 6.45) is 3.50. The van der Waals surface area contributed by atoms with E-state index in [0.29, 0.717) is 18.8 Å². The maximum Gasteiger partial charge on any atom is 0.242 e. The van der Waals surface area contributed by atoms with Crippen molar-refractivity contribution in [2.24, 2.45) is 17.1 Å². The van der Waals surface area contributed by atoms with Crippen molar-refractivity contribution in [1.82, 2.24) is 9.80 Å². The van der Waals surface area contributed by atoms with E-state index in [1.807, 2.05) is 4.90 Å². The van der Waals surface area contributed by atoms with E-state index in [1.54, 1.807) is 7.05 Å². The number of nitrogens with zero attached hydrogens (tertiary/aromatic N) is 2. The molecule has 1 saturated heterocycles. The summed E-state index contributed by atoms with van der Waals surface area (Å²) in [4.78, 5) is 28.2. The predicted molar refractivity (Wildman–Crippen MR) is 81.1 cm³/mol. The average Bonchev–Trinajstić information content (AvgIpc) is 2.87. The summed E-state index contributed by atoms with van der Waals surface area (Å²) in [5.74, 6) is 0.377. The van der Waals surface area contributed by atoms with Gasteiger partial charge >= 0.3 is 0 Å². The normalized spacial score (nSPS) is 28.9. The minimum absolute atomic E-state index is 0.0174. The van der Waals surface area contributed by atoms with E-state index in [2.05, 4.69) is 6.92 Å². The van der Waals surface area contributed by atoms with Crippen molar-refractivity contribution in [3.63, 3.8) is 0 Å². The molecule has 2 N–H and O–H groups in total. The number of thiocarbonyl (C=S) groups is 1. The van der Waals surface area contributed by atoms with Gasteiger partial charge in [-0.2, -0.15) is 0 Å². The van der Waals surface area contributed by atoms with Gasteiger partial charge in [0.2, 0.25) is 11.8 Å². The second kappa shape index (κ2) is 5.68. The molecule has 0 spiro atoms. The maximum absolute atomic E-state index is 12.6. The molecule has 2 aliphatic rings. The van der Waals surface area contributed by atoms with Crippen LogP contribution in [0.3, 0.4) is 0 Å². The number of likely N-dealkylation sites (N-methyl/N-ethyl adjacent to an activating group) is 1. The van der Waals surface area contributed by atoms with Gasteiger partial charge in [-0.15, -0.1) is 0 Å². The highest BCUT2D eigenvalue weighted by atomic mass is 32.1. The van der Waals surface area contributed by atoms with Crippen molar-refractivity contribution in [2.75, 3.05) is 26.7 Å². The van der Waals surface area contributed by atoms with Crippen LogP contribution in [-0.2, 0) is 9.59 Å². The SMILES string of the molecule is CC1CC(C(=O)N(C)CC(=O)N2CCCC2)(C(N)=S)C1. The zero-order valence-corrected chi connectivity index (χ0v) is 13.0. The molecule has 6 heteroatoms. The van der Waals surface area contributed by atoms with Crippen LogP contribution < -0.4 is 5.73 Å². The van der Waals surface area contributed by atoms with Crippen LogP contribution in [0.4, 0.5) is 0 Å². The number of likely N-dealkylation sites (tertiary alicyclic amines) is 1. The van der Waals surface area contributed by atoms with Gasteiger partial charge in [0.15, 0.2) is 0 Å². The molecule has 1 aliphatic carbocycles. The number of carbonyl (C=O) groups excluding carboxylic acids is 2. The number of nitrogens with two attached hydrogens (primary N) is 1. The molecule has 0 aromatic carbocycles. The molecule has 112 valence electrons. The third-order valence-corrected chi connectivity index (χ3v) is 4.84. The fraction of sp³-hybridized carbons (Fsp3) is 0.786. The second-order valence-electron chi connectivity index (χ2n) is 6.21. The predicted octanol–water partition coefficient (Wildman–Crippen LogP) is 0.770. The Labute approximate surface area is 125 Å². The highest BCUT2D eigenvalue weighted by Crippen LogP contribution is 2.46. The lowest BCUT2D eigenvalue weighted by Crippen LogP contribution is -2.57. The van der Waals surface area contributed by atoms with E-state index in [1.165, 1.54) is 4.90 Å². The lowest BCUT2D eigenvalue weighted by molar-refractivity contribution is -0.147. The van der Waals surface area contributed by atoms with Gasteiger partial charge in [-0.05, 0) is 31.6 Å². The van der Waals surface area contributed by atoms with Crippen LogP contribution in [0.25, 0.3) is 0 Å². The molecule has 2 rings (SSSR count). The van der Waals surface area contributed by atoms with Crippen LogP contribution in [0.15, 0.2) is 0 Å². The third-order valence-electron chi connectivity index (χ3n) is 4.45. The smallest absolute Gasteiger partial charge is 0.242 e. The summed E-state index contributed by atoms with van der Waals surface area (Å²) >= 11 is 5.09. The first kappa shape index (κ1) is 15.2. The van der Waals surface area contributed by atoms with Crippen LogP contribution in [0.5, 0.6) is 0 Å². The Kier molecular flexibility index (Phi) is 4.32. The van der Waals surface area contributed by atoms with Crippen molar-refractivity contribution in [1.29, 1.82) is 0 Å². The summed E-state index contributed by atoms with van der Waals surface area (Å²) in [7, 11) is 1.67. The molecular formula is C14H23N3O2S. The van der Waals surface area contributed by atoms with Gasteiger partial charge in [-0.1, -0.05) is 19.1 Å². The number of hydrogen-bond donors (Lipinski definition) is 1. The zero-order chi connectivity index (χ0) is 14.9. The van der Waals surface area contributed by atoms with E-state index >= 15 is 0 Å². The second-order valence-corrected chi connectivity index (χ2v) is 6.65. The van der Waals surface area contributed by atoms with E-state index in [9.17, 15) is 9.59 Å². The molecule has 0 aromatic rings. The summed E-state index contributed by atoms with van der Waals surface area (Å²) in [6, 6.07) is 0. The zero-order valence-electron chi connectivity index (χ0n) is 12.2. The minimum Gasteiger partial charge on any atom is -0.392 e. The third kappa shape index (κ3) is 2.66. The Morgan fingerprint density at radius 2 is 1.90 bits per heavy atom. The molecule has 0 aromatic heterocycles. The van der Waals surface area contributed by atoms with Gasteiger partial charge < -0.3 is 15.5 Å². The van der Waals surface area contributed by atoms with Crippen LogP contribution in [0, 0.1) is 11.3 Å². The molecule has 1 heterocycles. The Morgan fingerprint density at radius 3 is 2.35 bits per heavy atom. The van der Waals surface area contributed by atoms with E-state index in [4.69, 9.17) is 18.0 Å². The summed E-state index contributed by atoms with van der Waals surface area (Å²) < 4.78 is 0. The summed E-state index contributed by atoms with van der Waals surface area (Å²) in [5, 5.41) is 0. The first-order valence-electron chi connectivity index (χ1n) is 7.20. The molecule has 1 saturated carbocycles. The van der Waals surface area contributed by atoms with Gasteiger partial charge in [-0.3, -0.25) is 9.59 Å². The first-order valence-corrected chi connectivity index (χ1v) is 7.61. The minimum atomic E-state index is -0.714. The van der Waals surface area contributed by atoms with E-state index < -0.39 is 5.41 Å². The number of rotatable bonds is 4. The van der Waals surface area contributed by atoms with Crippen molar-refractivity contribution in [3.05, 3.63) is 0 Å². The van der Waals surface area contributed by atoms with Crippen molar-refractivity contribution in [3.8, 4) is 0 Å². The molecule has 0 atom stereocenters. The molecule has 5 nitrogen and oxygen atoms in total. The molecule has 20 heavy (non-hydrogen) atoms. The fourth-order valence-corrected chi connectivity index (χ4v) is 3.57. The van der Waals surface area contributed by atoms with Crippen LogP contribution in [0.2, 0.25) is 0 Å². The van der Waals surface area contributed by atoms with Crippen molar-refractivity contribution >= 4 is 29.0 Å². The summed E-state index contributed by atoms with van der Waals surface area (Å²) in [6.45, 7) is 3.81. The van der Waals surface area contributed by atoms with E-state index in [-0.39, 0.29) is 23.3 Å². The quantitative estimate of drug-likeness (QED) is 0.778. The Hall–Kier alpha value is -1.17. The summed E-state index contributed by atoms with van der Waals surface area (Å²) in [5.41, 5.74) is 5.06. The van der Waals surface area contributed by atoms with Gasteiger partial charge in [0.05, 0.1) is 16.9 Å². The Morgan fingerprint density at radius 1 is 1.35 bits per heavy atom. The molecule has 0 bridgehead atoms. The number of hydrogen-bond acceptors (Lipinski definition) is 3. The Bertz CT molecular complexity index is 426. The molecular weight excluding hydrogens is 274 g/mol. The van der Waals surface area contributed by atoms with Gasteiger partial charge in [0, 0.05) is 20.1 Å². The number of amides is 2.